The summed E-state index contributed by atoms with van der Waals surface area (Å²) in [5, 5.41) is 0. The van der Waals surface area contributed by atoms with E-state index in [2.05, 4.69) is 79.7 Å². The summed E-state index contributed by atoms with van der Waals surface area (Å²) in [7, 11) is -0.742. The second kappa shape index (κ2) is 7.08. The van der Waals surface area contributed by atoms with Crippen LogP contribution in [0.5, 0.6) is 0 Å². The van der Waals surface area contributed by atoms with Crippen molar-refractivity contribution in [3.63, 3.8) is 0 Å². The second-order valence-electron chi connectivity index (χ2n) is 11.7. The van der Waals surface area contributed by atoms with Crippen molar-refractivity contribution in [1.29, 1.82) is 0 Å². The normalized spacial score (nSPS) is 26.4. The first-order valence-electron chi connectivity index (χ1n) is 12.1. The predicted molar refractivity (Wildman–Crippen MR) is 133 cm³/mol. The molecular weight excluding hydrogens is 398 g/mol. The van der Waals surface area contributed by atoms with E-state index in [1.54, 1.807) is 0 Å². The molecule has 170 valence electrons. The Kier molecular flexibility index (Phi) is 4.97. The second-order valence-corrected chi connectivity index (χ2v) is 11.7. The fourth-order valence-corrected chi connectivity index (χ4v) is 5.18. The van der Waals surface area contributed by atoms with Gasteiger partial charge in [-0.05, 0) is 114 Å². The van der Waals surface area contributed by atoms with Crippen LogP contribution in [0.2, 0.25) is 0 Å². The lowest BCUT2D eigenvalue weighted by Crippen LogP contribution is -2.47. The number of allylic oxidation sites excluding steroid dienone is 2. The van der Waals surface area contributed by atoms with Gasteiger partial charge in [0.1, 0.15) is 0 Å². The Bertz CT molecular complexity index is 906. The molecule has 4 aliphatic rings. The smallest absolute Gasteiger partial charge is 0.399 e. The van der Waals surface area contributed by atoms with E-state index < -0.39 is 0 Å². The summed E-state index contributed by atoms with van der Waals surface area (Å²) in [6.45, 7) is 17.0. The highest BCUT2D eigenvalue weighted by Gasteiger charge is 2.55. The van der Waals surface area contributed by atoms with Gasteiger partial charge in [0.2, 0.25) is 0 Å². The van der Waals surface area contributed by atoms with E-state index >= 15 is 0 Å². The quantitative estimate of drug-likeness (QED) is 0.654. The van der Waals surface area contributed by atoms with Crippen LogP contribution in [-0.4, -0.2) is 36.6 Å². The third-order valence-electron chi connectivity index (χ3n) is 8.55. The molecule has 0 aromatic heterocycles. The van der Waals surface area contributed by atoms with E-state index in [-0.39, 0.29) is 36.6 Å². The minimum absolute atomic E-state index is 0.370. The summed E-state index contributed by atoms with van der Waals surface area (Å²) in [5.74, 6) is 0. The molecule has 1 aromatic carbocycles. The Labute approximate surface area is 194 Å². The van der Waals surface area contributed by atoms with Gasteiger partial charge in [-0.1, -0.05) is 24.3 Å². The molecule has 2 aliphatic heterocycles. The van der Waals surface area contributed by atoms with Crippen molar-refractivity contribution in [3.8, 4) is 0 Å². The molecule has 0 saturated carbocycles. The fraction of sp³-hybridized carbons (Fsp3) is 0.615. The Balaban J connectivity index is 1.71. The summed E-state index contributed by atoms with van der Waals surface area (Å²) < 4.78 is 26.3. The zero-order valence-corrected chi connectivity index (χ0v) is 20.9. The van der Waals surface area contributed by atoms with Crippen LogP contribution in [0, 0.1) is 0 Å². The Hall–Kier alpha value is -1.33. The molecule has 0 unspecified atom stereocenters. The van der Waals surface area contributed by atoms with Gasteiger partial charge in [-0.15, -0.1) is 0 Å². The van der Waals surface area contributed by atoms with Gasteiger partial charge in [-0.2, -0.15) is 0 Å². The van der Waals surface area contributed by atoms with Gasteiger partial charge in [0.15, 0.2) is 0 Å². The first kappa shape index (κ1) is 22.5. The van der Waals surface area contributed by atoms with Crippen LogP contribution in [0.1, 0.15) is 90.5 Å². The van der Waals surface area contributed by atoms with Gasteiger partial charge in [0, 0.05) is 0 Å². The highest BCUT2D eigenvalue weighted by Crippen LogP contribution is 2.40. The fourth-order valence-electron chi connectivity index (χ4n) is 5.18. The molecule has 0 radical (unpaired) electrons. The highest BCUT2D eigenvalue weighted by molar-refractivity contribution is 6.67. The molecule has 0 amide bonds. The highest BCUT2D eigenvalue weighted by atomic mass is 16.7. The summed E-state index contributed by atoms with van der Waals surface area (Å²) in [4.78, 5) is 0. The number of benzene rings is 1. The molecule has 2 heterocycles. The Morgan fingerprint density at radius 3 is 1.19 bits per heavy atom. The maximum atomic E-state index is 6.57. The number of fused-ring (bicyclic) bond motifs is 2. The van der Waals surface area contributed by atoms with Crippen molar-refractivity contribution in [1.82, 2.24) is 0 Å². The van der Waals surface area contributed by atoms with Crippen LogP contribution in [0.4, 0.5) is 0 Å². The van der Waals surface area contributed by atoms with Gasteiger partial charge in [0.25, 0.3) is 0 Å². The largest absolute Gasteiger partial charge is 0.495 e. The van der Waals surface area contributed by atoms with Gasteiger partial charge < -0.3 is 18.6 Å². The third-order valence-corrected chi connectivity index (χ3v) is 8.55. The SMILES string of the molecule is CC1(C)OB(c2c3c(c(B4OC(C)(C)C(C)(C)O4)c4c2CCC=C4)CCC=C3)OC1(C)C. The van der Waals surface area contributed by atoms with Crippen LogP contribution >= 0.6 is 0 Å². The van der Waals surface area contributed by atoms with E-state index in [0.717, 1.165) is 25.7 Å². The van der Waals surface area contributed by atoms with Crippen molar-refractivity contribution in [2.24, 2.45) is 0 Å². The third kappa shape index (κ3) is 3.21. The van der Waals surface area contributed by atoms with E-state index in [1.165, 1.54) is 33.2 Å². The minimum Gasteiger partial charge on any atom is -0.399 e. The lowest BCUT2D eigenvalue weighted by Gasteiger charge is -2.32. The molecular formula is C26H36B2O4. The van der Waals surface area contributed by atoms with Crippen LogP contribution in [-0.2, 0) is 31.5 Å². The van der Waals surface area contributed by atoms with Crippen LogP contribution in [0.3, 0.4) is 0 Å². The first-order chi connectivity index (χ1) is 14.8. The number of rotatable bonds is 2. The average Bonchev–Trinajstić information content (AvgIpc) is 3.04. The van der Waals surface area contributed by atoms with Gasteiger partial charge in [-0.25, -0.2) is 0 Å². The molecule has 5 rings (SSSR count). The molecule has 2 saturated heterocycles. The van der Waals surface area contributed by atoms with Gasteiger partial charge in [0.05, 0.1) is 22.4 Å². The number of hydrogen-bond acceptors (Lipinski definition) is 4. The monoisotopic (exact) mass is 434 g/mol. The summed E-state index contributed by atoms with van der Waals surface area (Å²) in [6.07, 6.45) is 13.1. The molecule has 4 nitrogen and oxygen atoms in total. The average molecular weight is 434 g/mol. The summed E-state index contributed by atoms with van der Waals surface area (Å²) in [6, 6.07) is 0. The first-order valence-corrected chi connectivity index (χ1v) is 12.1. The molecule has 2 fully saturated rings. The molecule has 0 atom stereocenters. The summed E-state index contributed by atoms with van der Waals surface area (Å²) in [5.41, 5.74) is 6.05. The topological polar surface area (TPSA) is 36.9 Å². The Morgan fingerprint density at radius 1 is 0.562 bits per heavy atom. The molecule has 0 spiro atoms. The van der Waals surface area contributed by atoms with E-state index in [9.17, 15) is 0 Å². The zero-order chi connectivity index (χ0) is 23.1. The molecule has 6 heteroatoms. The maximum Gasteiger partial charge on any atom is 0.495 e. The van der Waals surface area contributed by atoms with Gasteiger partial charge >= 0.3 is 14.2 Å². The van der Waals surface area contributed by atoms with Crippen molar-refractivity contribution >= 4 is 37.3 Å². The minimum atomic E-state index is -0.371. The van der Waals surface area contributed by atoms with Crippen molar-refractivity contribution < 1.29 is 18.6 Å². The van der Waals surface area contributed by atoms with Gasteiger partial charge in [-0.3, -0.25) is 0 Å². The lowest BCUT2D eigenvalue weighted by atomic mass is 9.61. The lowest BCUT2D eigenvalue weighted by molar-refractivity contribution is 0.00578. The summed E-state index contributed by atoms with van der Waals surface area (Å²) >= 11 is 0. The molecule has 2 aliphatic carbocycles. The Morgan fingerprint density at radius 2 is 0.875 bits per heavy atom. The molecule has 0 bridgehead atoms. The zero-order valence-electron chi connectivity index (χ0n) is 20.9. The standard InChI is InChI=1S/C26H36B2O4/c1-23(2)24(3,4)30-27(29-23)21-17-13-9-11-15-19(17)22(20-16-12-10-14-18(20)21)28-31-25(5,6)26(7,8)32-28/h9,12-13,16H,10-11,14-15H2,1-8H3. The van der Waals surface area contributed by atoms with E-state index in [1.807, 2.05) is 0 Å². The van der Waals surface area contributed by atoms with Crippen LogP contribution < -0.4 is 10.9 Å². The molecule has 32 heavy (non-hydrogen) atoms. The van der Waals surface area contributed by atoms with E-state index in [4.69, 9.17) is 18.6 Å². The van der Waals surface area contributed by atoms with Crippen LogP contribution in [0.25, 0.3) is 12.2 Å². The van der Waals surface area contributed by atoms with Crippen molar-refractivity contribution in [2.75, 3.05) is 0 Å². The predicted octanol–water partition coefficient (Wildman–Crippen LogP) is 4.20. The van der Waals surface area contributed by atoms with Crippen molar-refractivity contribution in [3.05, 3.63) is 34.4 Å². The van der Waals surface area contributed by atoms with E-state index in [0.29, 0.717) is 0 Å². The maximum absolute atomic E-state index is 6.57. The number of hydrogen-bond donors (Lipinski definition) is 0. The molecule has 1 aromatic rings. The van der Waals surface area contributed by atoms with Crippen molar-refractivity contribution in [2.45, 2.75) is 103 Å². The van der Waals surface area contributed by atoms with Crippen LogP contribution in [0.15, 0.2) is 12.2 Å². The molecule has 0 N–H and O–H groups in total.